The molecule has 2 aromatic rings. The van der Waals surface area contributed by atoms with Gasteiger partial charge in [-0.05, 0) is 76.1 Å². The Balaban J connectivity index is 2.26. The average Bonchev–Trinajstić information content (AvgIpc) is 2.52. The first-order valence-corrected chi connectivity index (χ1v) is 10.1. The molecule has 0 radical (unpaired) electrons. The number of benzene rings is 2. The van der Waals surface area contributed by atoms with Gasteiger partial charge in [0.05, 0.1) is 0 Å². The Hall–Kier alpha value is -1.96. The summed E-state index contributed by atoms with van der Waals surface area (Å²) in [4.78, 5) is 2.59. The van der Waals surface area contributed by atoms with Crippen molar-refractivity contribution in [1.82, 2.24) is 0 Å². The molecule has 2 rings (SSSR count). The van der Waals surface area contributed by atoms with Gasteiger partial charge in [0.15, 0.2) is 0 Å². The summed E-state index contributed by atoms with van der Waals surface area (Å²) in [6.45, 7) is 22.4. The van der Waals surface area contributed by atoms with Crippen molar-refractivity contribution in [3.05, 3.63) is 58.7 Å². The number of aryl methyl sites for hydroxylation is 4. The summed E-state index contributed by atoms with van der Waals surface area (Å²) in [5.74, 6) is 0. The number of nitrogens with one attached hydrogen (secondary N) is 1. The van der Waals surface area contributed by atoms with E-state index in [9.17, 15) is 0 Å². The first kappa shape index (κ1) is 21.3. The van der Waals surface area contributed by atoms with Gasteiger partial charge >= 0.3 is 0 Å². The van der Waals surface area contributed by atoms with Gasteiger partial charge in [0, 0.05) is 30.0 Å². The molecule has 1 N–H and O–H groups in total. The van der Waals surface area contributed by atoms with Crippen molar-refractivity contribution in [3.63, 3.8) is 0 Å². The fourth-order valence-corrected chi connectivity index (χ4v) is 3.79. The average molecular weight is 367 g/mol. The number of hydrogen-bond donors (Lipinski definition) is 1. The molecule has 2 aromatic carbocycles. The molecule has 0 spiro atoms. The summed E-state index contributed by atoms with van der Waals surface area (Å²) in [6, 6.07) is 13.1. The van der Waals surface area contributed by atoms with Gasteiger partial charge in [-0.1, -0.05) is 50.2 Å². The molecule has 0 heterocycles. The zero-order valence-electron chi connectivity index (χ0n) is 18.8. The van der Waals surface area contributed by atoms with E-state index in [4.69, 9.17) is 0 Å². The summed E-state index contributed by atoms with van der Waals surface area (Å²) < 4.78 is 0. The van der Waals surface area contributed by atoms with Crippen LogP contribution in [0.2, 0.25) is 0 Å². The minimum absolute atomic E-state index is 0.0622. The zero-order chi connectivity index (χ0) is 20.4. The lowest BCUT2D eigenvalue weighted by Gasteiger charge is -2.44. The van der Waals surface area contributed by atoms with Crippen LogP contribution in [0.1, 0.15) is 56.9 Å². The Morgan fingerprint density at radius 2 is 1.19 bits per heavy atom. The van der Waals surface area contributed by atoms with Gasteiger partial charge in [-0.3, -0.25) is 0 Å². The molecule has 0 atom stereocenters. The van der Waals surface area contributed by atoms with Crippen LogP contribution in [-0.4, -0.2) is 18.6 Å². The molecule has 0 saturated heterocycles. The van der Waals surface area contributed by atoms with E-state index in [1.54, 1.807) is 0 Å². The number of rotatable bonds is 6. The monoisotopic (exact) mass is 366 g/mol. The number of anilines is 2. The molecule has 0 fully saturated rings. The van der Waals surface area contributed by atoms with Gasteiger partial charge in [0.1, 0.15) is 0 Å². The molecule has 2 heteroatoms. The Morgan fingerprint density at radius 1 is 0.741 bits per heavy atom. The molecule has 0 aliphatic heterocycles. The van der Waals surface area contributed by atoms with Crippen LogP contribution in [-0.2, 0) is 0 Å². The fourth-order valence-electron chi connectivity index (χ4n) is 3.79. The summed E-state index contributed by atoms with van der Waals surface area (Å²) in [7, 11) is 0. The van der Waals surface area contributed by atoms with E-state index in [1.807, 2.05) is 0 Å². The minimum atomic E-state index is 0.0622. The number of para-hydroxylation sites is 2. The lowest BCUT2D eigenvalue weighted by atomic mass is 9.88. The van der Waals surface area contributed by atoms with E-state index in [1.165, 1.54) is 33.6 Å². The molecule has 0 aliphatic carbocycles. The van der Waals surface area contributed by atoms with Crippen molar-refractivity contribution in [1.29, 1.82) is 0 Å². The van der Waals surface area contributed by atoms with Crippen molar-refractivity contribution < 1.29 is 0 Å². The molecular weight excluding hydrogens is 328 g/mol. The van der Waals surface area contributed by atoms with Gasteiger partial charge < -0.3 is 10.2 Å². The van der Waals surface area contributed by atoms with Crippen LogP contribution < -0.4 is 10.2 Å². The van der Waals surface area contributed by atoms with E-state index < -0.39 is 0 Å². The molecule has 0 saturated carbocycles. The van der Waals surface area contributed by atoms with Crippen LogP contribution in [0.3, 0.4) is 0 Å². The molecule has 0 unspecified atom stereocenters. The molecule has 0 bridgehead atoms. The molecular formula is C25H38N2. The molecule has 148 valence electrons. The predicted molar refractivity (Wildman–Crippen MR) is 121 cm³/mol. The highest BCUT2D eigenvalue weighted by molar-refractivity contribution is 5.61. The second-order valence-corrected chi connectivity index (χ2v) is 9.78. The second kappa shape index (κ2) is 7.96. The largest absolute Gasteiger partial charge is 0.384 e. The fraction of sp³-hybridized carbons (Fsp3) is 0.520. The van der Waals surface area contributed by atoms with Crippen LogP contribution in [0.5, 0.6) is 0 Å². The lowest BCUT2D eigenvalue weighted by molar-refractivity contribution is 0.349. The Labute approximate surface area is 167 Å². The molecule has 0 aliphatic rings. The number of hydrogen-bond acceptors (Lipinski definition) is 2. The maximum Gasteiger partial charge on any atom is 0.0430 e. The normalized spacial score (nSPS) is 12.2. The van der Waals surface area contributed by atoms with Crippen molar-refractivity contribution in [3.8, 4) is 0 Å². The first-order chi connectivity index (χ1) is 12.4. The van der Waals surface area contributed by atoms with E-state index in [0.717, 1.165) is 13.1 Å². The zero-order valence-corrected chi connectivity index (χ0v) is 18.8. The van der Waals surface area contributed by atoms with E-state index >= 15 is 0 Å². The topological polar surface area (TPSA) is 15.3 Å². The van der Waals surface area contributed by atoms with Gasteiger partial charge in [0.2, 0.25) is 0 Å². The van der Waals surface area contributed by atoms with Crippen LogP contribution >= 0.6 is 0 Å². The summed E-state index contributed by atoms with van der Waals surface area (Å²) in [5, 5.41) is 3.73. The van der Waals surface area contributed by atoms with Crippen molar-refractivity contribution >= 4 is 11.4 Å². The third-order valence-electron chi connectivity index (χ3n) is 5.33. The summed E-state index contributed by atoms with van der Waals surface area (Å²) in [5.41, 5.74) is 8.17. The van der Waals surface area contributed by atoms with E-state index in [0.29, 0.717) is 0 Å². The Kier molecular flexibility index (Phi) is 6.29. The predicted octanol–water partition coefficient (Wildman–Crippen LogP) is 6.66. The maximum atomic E-state index is 3.73. The molecule has 27 heavy (non-hydrogen) atoms. The minimum Gasteiger partial charge on any atom is -0.384 e. The maximum absolute atomic E-state index is 3.73. The lowest BCUT2D eigenvalue weighted by Crippen LogP contribution is -2.49. The third kappa shape index (κ3) is 5.28. The summed E-state index contributed by atoms with van der Waals surface area (Å²) >= 11 is 0. The first-order valence-electron chi connectivity index (χ1n) is 10.1. The van der Waals surface area contributed by atoms with E-state index in [-0.39, 0.29) is 11.0 Å². The van der Waals surface area contributed by atoms with Gasteiger partial charge in [-0.25, -0.2) is 0 Å². The Bertz CT molecular complexity index is 741. The quantitative estimate of drug-likeness (QED) is 0.614. The van der Waals surface area contributed by atoms with Crippen LogP contribution in [0.25, 0.3) is 0 Å². The number of nitrogens with zero attached hydrogens (tertiary/aromatic N) is 1. The van der Waals surface area contributed by atoms with Crippen LogP contribution in [0, 0.1) is 33.1 Å². The highest BCUT2D eigenvalue weighted by atomic mass is 15.2. The van der Waals surface area contributed by atoms with Gasteiger partial charge in [0.25, 0.3) is 0 Å². The van der Waals surface area contributed by atoms with Crippen LogP contribution in [0.15, 0.2) is 36.4 Å². The summed E-state index contributed by atoms with van der Waals surface area (Å²) in [6.07, 6.45) is 0. The van der Waals surface area contributed by atoms with E-state index in [2.05, 4.69) is 109 Å². The second-order valence-electron chi connectivity index (χ2n) is 9.78. The molecule has 0 amide bonds. The highest BCUT2D eigenvalue weighted by Gasteiger charge is 2.30. The smallest absolute Gasteiger partial charge is 0.0430 e. The molecule has 0 aromatic heterocycles. The third-order valence-corrected chi connectivity index (χ3v) is 5.33. The van der Waals surface area contributed by atoms with Gasteiger partial charge in [-0.2, -0.15) is 0 Å². The van der Waals surface area contributed by atoms with Crippen molar-refractivity contribution in [2.45, 2.75) is 67.9 Å². The SMILES string of the molecule is Cc1cccc(C)c1NCC(C)(C)CN(c1c(C)cccc1C)C(C)(C)C. The van der Waals surface area contributed by atoms with Crippen molar-refractivity contribution in [2.75, 3.05) is 23.3 Å². The Morgan fingerprint density at radius 3 is 1.63 bits per heavy atom. The van der Waals surface area contributed by atoms with Crippen LogP contribution in [0.4, 0.5) is 11.4 Å². The standard InChI is InChI=1S/C25H38N2/c1-18-12-10-13-19(2)22(18)26-16-25(8,9)17-27(24(5,6)7)23-20(3)14-11-15-21(23)4/h10-15,26H,16-17H2,1-9H3. The molecule has 2 nitrogen and oxygen atoms in total. The van der Waals surface area contributed by atoms with Crippen molar-refractivity contribution in [2.24, 2.45) is 5.41 Å². The highest BCUT2D eigenvalue weighted by Crippen LogP contribution is 2.34. The van der Waals surface area contributed by atoms with Gasteiger partial charge in [-0.15, -0.1) is 0 Å².